The zero-order valence-corrected chi connectivity index (χ0v) is 18.4. The number of rotatable bonds is 5. The van der Waals surface area contributed by atoms with Crippen molar-refractivity contribution in [3.63, 3.8) is 0 Å². The van der Waals surface area contributed by atoms with Crippen LogP contribution in [0.2, 0.25) is 0 Å². The molecule has 0 saturated carbocycles. The molecule has 2 aromatic heterocycles. The van der Waals surface area contributed by atoms with Crippen LogP contribution in [-0.2, 0) is 18.3 Å². The largest absolute Gasteiger partial charge is 0.370 e. The molecule has 0 bridgehead atoms. The van der Waals surface area contributed by atoms with Crippen LogP contribution in [0.1, 0.15) is 30.1 Å². The lowest BCUT2D eigenvalue weighted by atomic mass is 10.1. The lowest BCUT2D eigenvalue weighted by Gasteiger charge is -2.34. The SMILES string of the molecule is Cn1c(N2CCO[C@@H](c3ccc(CN4CCCC4)cc3)C2)nc(-c2ccncn2)cc1=O. The summed E-state index contributed by atoms with van der Waals surface area (Å²) in [4.78, 5) is 30.2. The van der Waals surface area contributed by atoms with E-state index in [0.29, 0.717) is 37.0 Å². The molecule has 0 radical (unpaired) electrons. The Kier molecular flexibility index (Phi) is 5.96. The van der Waals surface area contributed by atoms with Crippen molar-refractivity contribution in [1.82, 2.24) is 24.4 Å². The first-order valence-corrected chi connectivity index (χ1v) is 11.2. The van der Waals surface area contributed by atoms with Gasteiger partial charge in [-0.1, -0.05) is 24.3 Å². The highest BCUT2D eigenvalue weighted by Gasteiger charge is 2.25. The van der Waals surface area contributed by atoms with Gasteiger partial charge in [0.15, 0.2) is 0 Å². The minimum atomic E-state index is -0.113. The van der Waals surface area contributed by atoms with E-state index in [0.717, 1.165) is 12.1 Å². The molecule has 3 aromatic rings. The molecule has 1 aromatic carbocycles. The number of likely N-dealkylation sites (tertiary alicyclic amines) is 1. The third-order valence-corrected chi connectivity index (χ3v) is 6.26. The monoisotopic (exact) mass is 432 g/mol. The smallest absolute Gasteiger partial charge is 0.255 e. The molecular formula is C24H28N6O2. The van der Waals surface area contributed by atoms with Crippen molar-refractivity contribution in [2.24, 2.45) is 7.05 Å². The van der Waals surface area contributed by atoms with Crippen LogP contribution in [-0.4, -0.2) is 57.2 Å². The van der Waals surface area contributed by atoms with E-state index >= 15 is 0 Å². The van der Waals surface area contributed by atoms with Crippen LogP contribution in [0.15, 0.2) is 53.7 Å². The minimum Gasteiger partial charge on any atom is -0.370 e. The predicted molar refractivity (Wildman–Crippen MR) is 122 cm³/mol. The van der Waals surface area contributed by atoms with Crippen LogP contribution in [0.3, 0.4) is 0 Å². The summed E-state index contributed by atoms with van der Waals surface area (Å²) in [5.41, 5.74) is 3.57. The lowest BCUT2D eigenvalue weighted by Crippen LogP contribution is -2.41. The van der Waals surface area contributed by atoms with Crippen molar-refractivity contribution >= 4 is 5.95 Å². The van der Waals surface area contributed by atoms with E-state index in [1.54, 1.807) is 23.9 Å². The van der Waals surface area contributed by atoms with E-state index in [4.69, 9.17) is 9.72 Å². The molecule has 0 spiro atoms. The Hall–Kier alpha value is -3.10. The number of hydrogen-bond donors (Lipinski definition) is 0. The third-order valence-electron chi connectivity index (χ3n) is 6.26. The van der Waals surface area contributed by atoms with Crippen molar-refractivity contribution in [2.45, 2.75) is 25.5 Å². The van der Waals surface area contributed by atoms with Crippen molar-refractivity contribution in [3.8, 4) is 11.4 Å². The predicted octanol–water partition coefficient (Wildman–Crippen LogP) is 2.41. The zero-order chi connectivity index (χ0) is 21.9. The quantitative estimate of drug-likeness (QED) is 0.613. The maximum atomic E-state index is 12.6. The molecule has 4 heterocycles. The molecule has 2 fully saturated rings. The Labute approximate surface area is 187 Å². The number of anilines is 1. The average Bonchev–Trinajstić information content (AvgIpc) is 3.35. The summed E-state index contributed by atoms with van der Waals surface area (Å²) >= 11 is 0. The molecule has 0 unspecified atom stereocenters. The Bertz CT molecular complexity index is 1110. The number of benzene rings is 1. The van der Waals surface area contributed by atoms with Gasteiger partial charge in [-0.05, 0) is 43.1 Å². The molecular weight excluding hydrogens is 404 g/mol. The summed E-state index contributed by atoms with van der Waals surface area (Å²) in [6.45, 7) is 5.30. The molecule has 2 saturated heterocycles. The van der Waals surface area contributed by atoms with Crippen LogP contribution in [0.4, 0.5) is 5.95 Å². The molecule has 0 N–H and O–H groups in total. The third kappa shape index (κ3) is 4.42. The van der Waals surface area contributed by atoms with Crippen molar-refractivity contribution in [1.29, 1.82) is 0 Å². The first-order valence-electron chi connectivity index (χ1n) is 11.2. The van der Waals surface area contributed by atoms with Crippen LogP contribution in [0, 0.1) is 0 Å². The van der Waals surface area contributed by atoms with Gasteiger partial charge in [0.2, 0.25) is 5.95 Å². The standard InChI is InChI=1S/C24H28N6O2/c1-28-23(31)14-21(20-8-9-25-17-26-20)27-24(28)30-12-13-32-22(16-30)19-6-4-18(5-7-19)15-29-10-2-3-11-29/h4-9,14,17,22H,2-3,10-13,15-16H2,1H3/t22-/m1/s1. The molecule has 8 nitrogen and oxygen atoms in total. The van der Waals surface area contributed by atoms with Gasteiger partial charge in [0.1, 0.15) is 12.4 Å². The fourth-order valence-corrected chi connectivity index (χ4v) is 4.45. The van der Waals surface area contributed by atoms with E-state index in [1.165, 1.54) is 43.9 Å². The molecule has 5 rings (SSSR count). The Balaban J connectivity index is 1.35. The summed E-state index contributed by atoms with van der Waals surface area (Å²) < 4.78 is 7.68. The number of aromatic nitrogens is 4. The first-order chi connectivity index (χ1) is 15.7. The molecule has 8 heteroatoms. The van der Waals surface area contributed by atoms with Gasteiger partial charge in [-0.3, -0.25) is 14.3 Å². The Morgan fingerprint density at radius 2 is 1.88 bits per heavy atom. The first kappa shape index (κ1) is 20.8. The topological polar surface area (TPSA) is 76.4 Å². The molecule has 0 aliphatic carbocycles. The van der Waals surface area contributed by atoms with E-state index in [9.17, 15) is 4.79 Å². The second kappa shape index (κ2) is 9.18. The number of morpholine rings is 1. The van der Waals surface area contributed by atoms with Gasteiger partial charge < -0.3 is 9.64 Å². The second-order valence-electron chi connectivity index (χ2n) is 8.46. The average molecular weight is 433 g/mol. The molecule has 2 aliphatic heterocycles. The van der Waals surface area contributed by atoms with Crippen LogP contribution in [0.25, 0.3) is 11.4 Å². The summed E-state index contributed by atoms with van der Waals surface area (Å²) in [5, 5.41) is 0. The summed E-state index contributed by atoms with van der Waals surface area (Å²) in [5.74, 6) is 0.630. The number of ether oxygens (including phenoxy) is 1. The molecule has 0 amide bonds. The molecule has 1 atom stereocenters. The van der Waals surface area contributed by atoms with Gasteiger partial charge in [-0.15, -0.1) is 0 Å². The van der Waals surface area contributed by atoms with Gasteiger partial charge in [-0.2, -0.15) is 0 Å². The second-order valence-corrected chi connectivity index (χ2v) is 8.46. The van der Waals surface area contributed by atoms with E-state index in [-0.39, 0.29) is 11.7 Å². The van der Waals surface area contributed by atoms with Crippen LogP contribution in [0.5, 0.6) is 0 Å². The maximum absolute atomic E-state index is 12.6. The van der Waals surface area contributed by atoms with Crippen molar-refractivity contribution in [3.05, 3.63) is 70.4 Å². The molecule has 32 heavy (non-hydrogen) atoms. The van der Waals surface area contributed by atoms with Gasteiger partial charge >= 0.3 is 0 Å². The highest BCUT2D eigenvalue weighted by atomic mass is 16.5. The Morgan fingerprint density at radius 3 is 2.62 bits per heavy atom. The van der Waals surface area contributed by atoms with Crippen molar-refractivity contribution < 1.29 is 4.74 Å². The summed E-state index contributed by atoms with van der Waals surface area (Å²) in [7, 11) is 1.76. The fraction of sp³-hybridized carbons (Fsp3) is 0.417. The van der Waals surface area contributed by atoms with E-state index in [2.05, 4.69) is 44.0 Å². The van der Waals surface area contributed by atoms with Gasteiger partial charge in [0.05, 0.1) is 24.5 Å². The van der Waals surface area contributed by atoms with E-state index < -0.39 is 0 Å². The molecule has 2 aliphatic rings. The highest BCUT2D eigenvalue weighted by molar-refractivity contribution is 5.55. The lowest BCUT2D eigenvalue weighted by molar-refractivity contribution is 0.0389. The zero-order valence-electron chi connectivity index (χ0n) is 18.4. The number of hydrogen-bond acceptors (Lipinski definition) is 7. The fourth-order valence-electron chi connectivity index (χ4n) is 4.45. The van der Waals surface area contributed by atoms with Gasteiger partial charge in [0.25, 0.3) is 5.56 Å². The van der Waals surface area contributed by atoms with Crippen LogP contribution < -0.4 is 10.5 Å². The minimum absolute atomic E-state index is 0.0656. The van der Waals surface area contributed by atoms with Gasteiger partial charge in [0, 0.05) is 32.4 Å². The Morgan fingerprint density at radius 1 is 1.06 bits per heavy atom. The van der Waals surface area contributed by atoms with Crippen LogP contribution >= 0.6 is 0 Å². The summed E-state index contributed by atoms with van der Waals surface area (Å²) in [6.07, 6.45) is 5.66. The van der Waals surface area contributed by atoms with Crippen molar-refractivity contribution in [2.75, 3.05) is 37.7 Å². The normalized spacial score (nSPS) is 19.4. The van der Waals surface area contributed by atoms with E-state index in [1.807, 2.05) is 0 Å². The number of nitrogens with zero attached hydrogens (tertiary/aromatic N) is 6. The highest BCUT2D eigenvalue weighted by Crippen LogP contribution is 2.26. The van der Waals surface area contributed by atoms with Gasteiger partial charge in [-0.25, -0.2) is 15.0 Å². The maximum Gasteiger partial charge on any atom is 0.255 e. The summed E-state index contributed by atoms with van der Waals surface area (Å²) in [6, 6.07) is 12.0. The molecule has 166 valence electrons.